The van der Waals surface area contributed by atoms with Crippen molar-refractivity contribution >= 4 is 5.69 Å². The first kappa shape index (κ1) is 16.0. The zero-order valence-corrected chi connectivity index (χ0v) is 12.2. The molecule has 0 bridgehead atoms. The molecule has 0 spiro atoms. The number of aliphatic hydroxyl groups excluding tert-OH is 1. The number of para-hydroxylation sites is 1. The molecule has 0 fully saturated rings. The van der Waals surface area contributed by atoms with Crippen molar-refractivity contribution in [2.45, 2.75) is 12.4 Å². The molecule has 5 nitrogen and oxygen atoms in total. The first-order chi connectivity index (χ1) is 11.4. The van der Waals surface area contributed by atoms with Gasteiger partial charge in [0.1, 0.15) is 0 Å². The van der Waals surface area contributed by atoms with Gasteiger partial charge >= 0.3 is 12.1 Å². The van der Waals surface area contributed by atoms with Crippen molar-refractivity contribution in [3.05, 3.63) is 66.1 Å². The second-order valence-electron chi connectivity index (χ2n) is 4.96. The van der Waals surface area contributed by atoms with E-state index in [9.17, 15) is 18.3 Å². The normalized spacial score (nSPS) is 12.8. The minimum Gasteiger partial charge on any atom is -0.369 e. The van der Waals surface area contributed by atoms with Crippen LogP contribution in [0.4, 0.5) is 18.9 Å². The van der Waals surface area contributed by atoms with E-state index in [0.29, 0.717) is 11.1 Å². The molecule has 0 amide bonds. The molecular formula is C16H12F3N3O2. The molecule has 3 rings (SSSR count). The van der Waals surface area contributed by atoms with Crippen LogP contribution in [0.5, 0.6) is 0 Å². The maximum atomic E-state index is 12.5. The third kappa shape index (κ3) is 3.54. The van der Waals surface area contributed by atoms with Crippen LogP contribution in [0.1, 0.15) is 17.7 Å². The summed E-state index contributed by atoms with van der Waals surface area (Å²) in [6, 6.07) is 15.3. The lowest BCUT2D eigenvalue weighted by Gasteiger charge is -2.14. The van der Waals surface area contributed by atoms with Crippen molar-refractivity contribution < 1.29 is 22.8 Å². The van der Waals surface area contributed by atoms with Crippen LogP contribution in [-0.4, -0.2) is 15.2 Å². The second kappa shape index (κ2) is 6.32. The van der Waals surface area contributed by atoms with Gasteiger partial charge in [0.25, 0.3) is 0 Å². The van der Waals surface area contributed by atoms with E-state index in [1.807, 2.05) is 18.2 Å². The van der Waals surface area contributed by atoms with Crippen LogP contribution in [0.15, 0.2) is 59.1 Å². The lowest BCUT2D eigenvalue weighted by atomic mass is 10.1. The van der Waals surface area contributed by atoms with E-state index in [1.165, 1.54) is 12.1 Å². The number of hydrogen-bond acceptors (Lipinski definition) is 5. The number of alkyl halides is 3. The second-order valence-corrected chi connectivity index (χ2v) is 4.96. The van der Waals surface area contributed by atoms with Gasteiger partial charge in [-0.1, -0.05) is 47.6 Å². The van der Waals surface area contributed by atoms with Crippen molar-refractivity contribution in [2.75, 3.05) is 5.32 Å². The van der Waals surface area contributed by atoms with Crippen molar-refractivity contribution in [1.29, 1.82) is 0 Å². The van der Waals surface area contributed by atoms with E-state index >= 15 is 0 Å². The Bertz CT molecular complexity index is 801. The predicted molar refractivity (Wildman–Crippen MR) is 79.8 cm³/mol. The fourth-order valence-electron chi connectivity index (χ4n) is 2.05. The number of nitrogens with zero attached hydrogens (tertiary/aromatic N) is 2. The van der Waals surface area contributed by atoms with Crippen LogP contribution >= 0.6 is 0 Å². The maximum Gasteiger partial charge on any atom is 0.471 e. The summed E-state index contributed by atoms with van der Waals surface area (Å²) in [5, 5.41) is 16.3. The van der Waals surface area contributed by atoms with Gasteiger partial charge in [0, 0.05) is 16.8 Å². The van der Waals surface area contributed by atoms with E-state index in [2.05, 4.69) is 20.0 Å². The highest BCUT2D eigenvalue weighted by molar-refractivity contribution is 5.55. The number of aliphatic hydroxyl groups is 1. The lowest BCUT2D eigenvalue weighted by molar-refractivity contribution is -0.159. The summed E-state index contributed by atoms with van der Waals surface area (Å²) < 4.78 is 41.6. The number of hydrogen-bond donors (Lipinski definition) is 2. The molecule has 2 aromatic carbocycles. The van der Waals surface area contributed by atoms with Gasteiger partial charge in [-0.15, -0.1) is 0 Å². The molecule has 0 radical (unpaired) electrons. The zero-order valence-electron chi connectivity index (χ0n) is 12.2. The maximum absolute atomic E-state index is 12.5. The van der Waals surface area contributed by atoms with Crippen molar-refractivity contribution in [1.82, 2.24) is 10.1 Å². The summed E-state index contributed by atoms with van der Waals surface area (Å²) in [5.41, 5.74) is 1.63. The number of halogens is 3. The number of aromatic nitrogens is 2. The van der Waals surface area contributed by atoms with Gasteiger partial charge in [-0.25, -0.2) is 0 Å². The Labute approximate surface area is 134 Å². The third-order valence-corrected chi connectivity index (χ3v) is 3.23. The Hall–Kier alpha value is -2.87. The summed E-state index contributed by atoms with van der Waals surface area (Å²) in [5.74, 6) is -1.56. The fraction of sp³-hybridized carbons (Fsp3) is 0.125. The van der Waals surface area contributed by atoms with Crippen LogP contribution in [0.3, 0.4) is 0 Å². The Kier molecular flexibility index (Phi) is 4.22. The summed E-state index contributed by atoms with van der Waals surface area (Å²) in [7, 11) is 0. The summed E-state index contributed by atoms with van der Waals surface area (Å²) in [6.45, 7) is 0. The lowest BCUT2D eigenvalue weighted by Crippen LogP contribution is -2.09. The first-order valence-corrected chi connectivity index (χ1v) is 6.94. The molecule has 0 saturated heterocycles. The van der Waals surface area contributed by atoms with Gasteiger partial charge in [-0.05, 0) is 12.1 Å². The highest BCUT2D eigenvalue weighted by atomic mass is 19.4. The monoisotopic (exact) mass is 335 g/mol. The first-order valence-electron chi connectivity index (χ1n) is 6.94. The SMILES string of the molecule is OC(Nc1ccccc1)c1ccc(-c2noc(C(F)(F)F)n2)cc1. The summed E-state index contributed by atoms with van der Waals surface area (Å²) in [6.07, 6.45) is -5.64. The molecule has 124 valence electrons. The molecule has 24 heavy (non-hydrogen) atoms. The van der Waals surface area contributed by atoms with E-state index in [1.54, 1.807) is 24.3 Å². The van der Waals surface area contributed by atoms with Crippen LogP contribution in [0.25, 0.3) is 11.4 Å². The standard InChI is InChI=1S/C16H12F3N3O2/c17-16(18,19)15-21-13(22-24-15)10-6-8-11(9-7-10)14(23)20-12-4-2-1-3-5-12/h1-9,14,20,23H. The van der Waals surface area contributed by atoms with Crippen LogP contribution in [0.2, 0.25) is 0 Å². The Morgan fingerprint density at radius 1 is 1.00 bits per heavy atom. The van der Waals surface area contributed by atoms with Gasteiger partial charge in [-0.2, -0.15) is 18.2 Å². The van der Waals surface area contributed by atoms with Crippen LogP contribution in [-0.2, 0) is 6.18 Å². The number of rotatable bonds is 4. The molecule has 0 aliphatic carbocycles. The molecule has 3 aromatic rings. The Balaban J connectivity index is 1.74. The average molecular weight is 335 g/mol. The molecule has 1 heterocycles. The number of anilines is 1. The molecule has 0 saturated carbocycles. The molecule has 2 N–H and O–H groups in total. The molecule has 8 heteroatoms. The molecule has 0 aliphatic rings. The molecule has 1 aromatic heterocycles. The fourth-order valence-corrected chi connectivity index (χ4v) is 2.05. The van der Waals surface area contributed by atoms with Gasteiger partial charge in [0.05, 0.1) is 0 Å². The van der Waals surface area contributed by atoms with Gasteiger partial charge < -0.3 is 14.9 Å². The van der Waals surface area contributed by atoms with E-state index in [-0.39, 0.29) is 5.82 Å². The quantitative estimate of drug-likeness (QED) is 0.709. The highest BCUT2D eigenvalue weighted by Gasteiger charge is 2.38. The Morgan fingerprint density at radius 2 is 1.67 bits per heavy atom. The smallest absolute Gasteiger partial charge is 0.369 e. The number of benzene rings is 2. The predicted octanol–water partition coefficient (Wildman–Crippen LogP) is 3.86. The largest absolute Gasteiger partial charge is 0.471 e. The minimum absolute atomic E-state index is 0.167. The van der Waals surface area contributed by atoms with E-state index in [0.717, 1.165) is 5.69 Å². The molecule has 1 atom stereocenters. The average Bonchev–Trinajstić information content (AvgIpc) is 3.06. The van der Waals surface area contributed by atoms with Gasteiger partial charge in [0.2, 0.25) is 5.82 Å². The molecule has 0 aliphatic heterocycles. The zero-order chi connectivity index (χ0) is 17.2. The topological polar surface area (TPSA) is 71.2 Å². The highest BCUT2D eigenvalue weighted by Crippen LogP contribution is 2.29. The van der Waals surface area contributed by atoms with Crippen molar-refractivity contribution in [3.8, 4) is 11.4 Å². The summed E-state index contributed by atoms with van der Waals surface area (Å²) in [4.78, 5) is 3.31. The molecule has 1 unspecified atom stereocenters. The van der Waals surface area contributed by atoms with Gasteiger partial charge in [-0.3, -0.25) is 0 Å². The van der Waals surface area contributed by atoms with E-state index < -0.39 is 18.3 Å². The van der Waals surface area contributed by atoms with E-state index in [4.69, 9.17) is 0 Å². The summed E-state index contributed by atoms with van der Waals surface area (Å²) >= 11 is 0. The Morgan fingerprint density at radius 3 is 2.25 bits per heavy atom. The van der Waals surface area contributed by atoms with Crippen LogP contribution < -0.4 is 5.32 Å². The van der Waals surface area contributed by atoms with Crippen molar-refractivity contribution in [3.63, 3.8) is 0 Å². The third-order valence-electron chi connectivity index (χ3n) is 3.23. The van der Waals surface area contributed by atoms with Crippen LogP contribution in [0, 0.1) is 0 Å². The van der Waals surface area contributed by atoms with Gasteiger partial charge in [0.15, 0.2) is 6.23 Å². The molecular weight excluding hydrogens is 323 g/mol. The minimum atomic E-state index is -4.68. The number of nitrogens with one attached hydrogen (secondary N) is 1. The van der Waals surface area contributed by atoms with Crippen molar-refractivity contribution in [2.24, 2.45) is 0 Å².